The first kappa shape index (κ1) is 11.1. The number of hydrogen-bond donors (Lipinski definition) is 0. The summed E-state index contributed by atoms with van der Waals surface area (Å²) in [5.74, 6) is -0.455. The highest BCUT2D eigenvalue weighted by Crippen LogP contribution is 2.09. The normalized spacial score (nSPS) is 11.1. The van der Waals surface area contributed by atoms with Gasteiger partial charge in [0.05, 0.1) is 4.92 Å². The second-order valence-corrected chi connectivity index (χ2v) is 2.97. The van der Waals surface area contributed by atoms with Gasteiger partial charge in [-0.15, -0.1) is 0 Å². The fourth-order valence-electron chi connectivity index (χ4n) is 1.12. The lowest BCUT2D eigenvalue weighted by atomic mass is 10.1. The Labute approximate surface area is 87.4 Å². The van der Waals surface area contributed by atoms with Crippen molar-refractivity contribution in [1.29, 1.82) is 0 Å². The third-order valence-electron chi connectivity index (χ3n) is 1.91. The summed E-state index contributed by atoms with van der Waals surface area (Å²) in [5, 5.41) is 10.6. The number of nitrogens with zero attached hydrogens (tertiary/aromatic N) is 1. The van der Waals surface area contributed by atoms with Gasteiger partial charge in [-0.1, -0.05) is 37.3 Å². The van der Waals surface area contributed by atoms with Crippen LogP contribution in [0.4, 0.5) is 0 Å². The lowest BCUT2D eigenvalue weighted by molar-refractivity contribution is -0.417. The van der Waals surface area contributed by atoms with E-state index >= 15 is 0 Å². The molecule has 0 radical (unpaired) electrons. The molecule has 0 heterocycles. The number of carbonyl (C=O) groups excluding carboxylic acids is 1. The van der Waals surface area contributed by atoms with E-state index in [4.69, 9.17) is 0 Å². The van der Waals surface area contributed by atoms with Crippen molar-refractivity contribution >= 4 is 11.9 Å². The molecule has 1 aromatic carbocycles. The molecule has 15 heavy (non-hydrogen) atoms. The van der Waals surface area contributed by atoms with E-state index < -0.39 is 10.7 Å². The van der Waals surface area contributed by atoms with Crippen LogP contribution in [-0.4, -0.2) is 10.7 Å². The molecule has 0 aromatic heterocycles. The van der Waals surface area contributed by atoms with Gasteiger partial charge in [0.25, 0.3) is 0 Å². The molecule has 78 valence electrons. The molecule has 4 nitrogen and oxygen atoms in total. The zero-order valence-electron chi connectivity index (χ0n) is 8.34. The van der Waals surface area contributed by atoms with Crippen molar-refractivity contribution in [2.45, 2.75) is 13.3 Å². The van der Waals surface area contributed by atoms with Gasteiger partial charge in [0.15, 0.2) is 0 Å². The molecule has 0 fully saturated rings. The summed E-state index contributed by atoms with van der Waals surface area (Å²) in [6.45, 7) is 1.60. The lowest BCUT2D eigenvalue weighted by Gasteiger charge is -1.95. The first-order valence-corrected chi connectivity index (χ1v) is 4.59. The summed E-state index contributed by atoms with van der Waals surface area (Å²) in [7, 11) is 0. The van der Waals surface area contributed by atoms with Crippen LogP contribution in [0.25, 0.3) is 6.08 Å². The van der Waals surface area contributed by atoms with Crippen molar-refractivity contribution in [1.82, 2.24) is 0 Å². The number of rotatable bonds is 4. The highest BCUT2D eigenvalue weighted by atomic mass is 16.6. The minimum absolute atomic E-state index is 0.139. The van der Waals surface area contributed by atoms with Gasteiger partial charge in [0, 0.05) is 12.5 Å². The molecule has 0 amide bonds. The van der Waals surface area contributed by atoms with Crippen LogP contribution in [0, 0.1) is 10.1 Å². The quantitative estimate of drug-likeness (QED) is 0.430. The van der Waals surface area contributed by atoms with E-state index in [9.17, 15) is 14.9 Å². The van der Waals surface area contributed by atoms with E-state index in [1.165, 1.54) is 6.08 Å². The maximum absolute atomic E-state index is 11.2. The zero-order chi connectivity index (χ0) is 11.3. The van der Waals surface area contributed by atoms with Gasteiger partial charge < -0.3 is 0 Å². The van der Waals surface area contributed by atoms with E-state index in [0.717, 1.165) is 0 Å². The number of Topliss-reactive ketones (excluding diaryl/α,β-unsaturated/α-hetero) is 1. The summed E-state index contributed by atoms with van der Waals surface area (Å²) >= 11 is 0. The van der Waals surface area contributed by atoms with Crippen LogP contribution in [-0.2, 0) is 4.79 Å². The molecule has 0 bridgehead atoms. The van der Waals surface area contributed by atoms with Crippen LogP contribution >= 0.6 is 0 Å². The number of benzene rings is 1. The average Bonchev–Trinajstić information content (AvgIpc) is 2.26. The standard InChI is InChI=1S/C11H11NO3/c1-2-11(13)10(12(14)15)8-9-6-4-3-5-7-9/h3-8H,2H2,1H3. The summed E-state index contributed by atoms with van der Waals surface area (Å²) in [5.41, 5.74) is 0.301. The molecule has 1 rings (SSSR count). The minimum atomic E-state index is -0.640. The Morgan fingerprint density at radius 3 is 2.47 bits per heavy atom. The lowest BCUT2D eigenvalue weighted by Crippen LogP contribution is -2.09. The van der Waals surface area contributed by atoms with E-state index in [-0.39, 0.29) is 12.1 Å². The zero-order valence-corrected chi connectivity index (χ0v) is 8.34. The van der Waals surface area contributed by atoms with E-state index in [1.54, 1.807) is 31.2 Å². The average molecular weight is 205 g/mol. The van der Waals surface area contributed by atoms with Crippen LogP contribution in [0.2, 0.25) is 0 Å². The van der Waals surface area contributed by atoms with Gasteiger partial charge in [-0.05, 0) is 5.56 Å². The molecular weight excluding hydrogens is 194 g/mol. The first-order chi connectivity index (χ1) is 7.15. The Bertz CT molecular complexity index is 396. The SMILES string of the molecule is CCC(=O)C(=Cc1ccccc1)[N+](=O)[O-]. The first-order valence-electron chi connectivity index (χ1n) is 4.59. The van der Waals surface area contributed by atoms with E-state index in [1.807, 2.05) is 6.07 Å². The Hall–Kier alpha value is -1.97. The van der Waals surface area contributed by atoms with Gasteiger partial charge in [-0.2, -0.15) is 0 Å². The van der Waals surface area contributed by atoms with E-state index in [0.29, 0.717) is 5.56 Å². The molecule has 0 unspecified atom stereocenters. The van der Waals surface area contributed by atoms with Crippen LogP contribution in [0.3, 0.4) is 0 Å². The van der Waals surface area contributed by atoms with Crippen LogP contribution in [0.1, 0.15) is 18.9 Å². The fourth-order valence-corrected chi connectivity index (χ4v) is 1.12. The van der Waals surface area contributed by atoms with Crippen LogP contribution < -0.4 is 0 Å². The maximum Gasteiger partial charge on any atom is 0.312 e. The molecule has 0 spiro atoms. The molecule has 0 saturated heterocycles. The number of allylic oxidation sites excluding steroid dienone is 1. The summed E-state index contributed by atoms with van der Waals surface area (Å²) in [4.78, 5) is 21.2. The van der Waals surface area contributed by atoms with E-state index in [2.05, 4.69) is 0 Å². The molecule has 0 atom stereocenters. The summed E-state index contributed by atoms with van der Waals surface area (Å²) < 4.78 is 0. The Balaban J connectivity index is 3.05. The van der Waals surface area contributed by atoms with Crippen molar-refractivity contribution in [2.75, 3.05) is 0 Å². The van der Waals surface area contributed by atoms with Gasteiger partial charge >= 0.3 is 5.70 Å². The van der Waals surface area contributed by atoms with Gasteiger partial charge in [0.2, 0.25) is 5.78 Å². The molecule has 0 aliphatic heterocycles. The maximum atomic E-state index is 11.2. The smallest absolute Gasteiger partial charge is 0.287 e. The molecule has 0 saturated carbocycles. The predicted octanol–water partition coefficient (Wildman–Crippen LogP) is 2.28. The Morgan fingerprint density at radius 2 is 2.00 bits per heavy atom. The van der Waals surface area contributed by atoms with Crippen LogP contribution in [0.15, 0.2) is 36.0 Å². The molecular formula is C11H11NO3. The van der Waals surface area contributed by atoms with Gasteiger partial charge in [0.1, 0.15) is 0 Å². The second-order valence-electron chi connectivity index (χ2n) is 2.97. The largest absolute Gasteiger partial charge is 0.312 e. The summed E-state index contributed by atoms with van der Waals surface area (Å²) in [6, 6.07) is 8.77. The minimum Gasteiger partial charge on any atom is -0.287 e. The van der Waals surface area contributed by atoms with Crippen molar-refractivity contribution < 1.29 is 9.72 Å². The summed E-state index contributed by atoms with van der Waals surface area (Å²) in [6.07, 6.45) is 1.44. The second kappa shape index (κ2) is 5.05. The Kier molecular flexibility index (Phi) is 3.74. The number of nitro groups is 1. The molecule has 0 aliphatic carbocycles. The molecule has 4 heteroatoms. The van der Waals surface area contributed by atoms with Crippen molar-refractivity contribution in [2.24, 2.45) is 0 Å². The van der Waals surface area contributed by atoms with Gasteiger partial charge in [-0.25, -0.2) is 0 Å². The Morgan fingerprint density at radius 1 is 1.40 bits per heavy atom. The third-order valence-corrected chi connectivity index (χ3v) is 1.91. The molecule has 0 N–H and O–H groups in total. The monoisotopic (exact) mass is 205 g/mol. The van der Waals surface area contributed by atoms with Crippen LogP contribution in [0.5, 0.6) is 0 Å². The highest BCUT2D eigenvalue weighted by Gasteiger charge is 2.19. The topological polar surface area (TPSA) is 60.2 Å². The number of ketones is 1. The van der Waals surface area contributed by atoms with Crippen molar-refractivity contribution in [3.63, 3.8) is 0 Å². The van der Waals surface area contributed by atoms with Gasteiger partial charge in [-0.3, -0.25) is 14.9 Å². The predicted molar refractivity (Wildman–Crippen MR) is 56.7 cm³/mol. The molecule has 0 aliphatic rings. The number of carbonyl (C=O) groups is 1. The number of hydrogen-bond acceptors (Lipinski definition) is 3. The molecule has 1 aromatic rings. The fraction of sp³-hybridized carbons (Fsp3) is 0.182. The van der Waals surface area contributed by atoms with Crippen molar-refractivity contribution in [3.8, 4) is 0 Å². The third kappa shape index (κ3) is 3.02. The van der Waals surface area contributed by atoms with Crippen molar-refractivity contribution in [3.05, 3.63) is 51.7 Å². The highest BCUT2D eigenvalue weighted by molar-refractivity contribution is 5.96.